The zero-order valence-electron chi connectivity index (χ0n) is 20.2. The molecule has 0 bridgehead atoms. The number of aryl methyl sites for hydroxylation is 2. The van der Waals surface area contributed by atoms with Gasteiger partial charge in [-0.25, -0.2) is 0 Å². The van der Waals surface area contributed by atoms with Crippen LogP contribution in [0.15, 0.2) is 42.1 Å². The van der Waals surface area contributed by atoms with Gasteiger partial charge in [0.25, 0.3) is 11.8 Å². The Kier molecular flexibility index (Phi) is 7.76. The summed E-state index contributed by atoms with van der Waals surface area (Å²) in [4.78, 5) is 28.2. The van der Waals surface area contributed by atoms with E-state index in [1.165, 1.54) is 4.90 Å². The number of amides is 2. The van der Waals surface area contributed by atoms with Crippen molar-refractivity contribution in [1.82, 2.24) is 4.90 Å². The molecule has 0 saturated carbocycles. The molecule has 0 spiro atoms. The van der Waals surface area contributed by atoms with E-state index in [-0.39, 0.29) is 30.2 Å². The molecule has 1 aliphatic heterocycles. The molecule has 2 amide bonds. The van der Waals surface area contributed by atoms with Gasteiger partial charge in [0, 0.05) is 19.2 Å². The van der Waals surface area contributed by atoms with Gasteiger partial charge in [0.1, 0.15) is 17.2 Å². The number of rotatable bonds is 10. The Morgan fingerprint density at radius 3 is 2.36 bits per heavy atom. The Labute approximate surface area is 195 Å². The lowest BCUT2D eigenvalue weighted by Crippen LogP contribution is -2.34. The quantitative estimate of drug-likeness (QED) is 0.427. The molecule has 0 fully saturated rings. The fourth-order valence-corrected chi connectivity index (χ4v) is 3.82. The minimum Gasteiger partial charge on any atom is -0.497 e. The highest BCUT2D eigenvalue weighted by atomic mass is 16.5. The Balaban J connectivity index is 2.00. The van der Waals surface area contributed by atoms with Gasteiger partial charge in [0.2, 0.25) is 0 Å². The predicted octanol–water partition coefficient (Wildman–Crippen LogP) is 4.33. The molecule has 2 aromatic carbocycles. The number of hydrogen-bond acceptors (Lipinski definition) is 6. The zero-order chi connectivity index (χ0) is 24.1. The average molecular weight is 453 g/mol. The van der Waals surface area contributed by atoms with Crippen molar-refractivity contribution in [2.75, 3.05) is 32.7 Å². The molecular formula is C26H32N2O5. The summed E-state index contributed by atoms with van der Waals surface area (Å²) in [5, 5.41) is 3.18. The van der Waals surface area contributed by atoms with E-state index in [4.69, 9.17) is 14.2 Å². The van der Waals surface area contributed by atoms with Gasteiger partial charge < -0.3 is 19.5 Å². The van der Waals surface area contributed by atoms with Crippen LogP contribution in [0.2, 0.25) is 0 Å². The van der Waals surface area contributed by atoms with Crippen molar-refractivity contribution in [3.8, 4) is 11.5 Å². The van der Waals surface area contributed by atoms with Crippen LogP contribution < -0.4 is 14.8 Å². The van der Waals surface area contributed by atoms with E-state index in [0.29, 0.717) is 35.8 Å². The molecule has 3 rings (SSSR count). The second-order valence-electron chi connectivity index (χ2n) is 8.29. The van der Waals surface area contributed by atoms with Crippen LogP contribution in [0.4, 0.5) is 5.69 Å². The van der Waals surface area contributed by atoms with Gasteiger partial charge in [-0.05, 0) is 57.4 Å². The summed E-state index contributed by atoms with van der Waals surface area (Å²) >= 11 is 0. The van der Waals surface area contributed by atoms with Crippen LogP contribution in [0.5, 0.6) is 11.5 Å². The van der Waals surface area contributed by atoms with Gasteiger partial charge in [-0.3, -0.25) is 14.5 Å². The number of nitrogens with one attached hydrogen (secondary N) is 1. The highest BCUT2D eigenvalue weighted by Gasteiger charge is 2.39. The Hall–Kier alpha value is -3.32. The van der Waals surface area contributed by atoms with E-state index >= 15 is 0 Å². The summed E-state index contributed by atoms with van der Waals surface area (Å²) in [6.45, 7) is 8.60. The van der Waals surface area contributed by atoms with Crippen LogP contribution >= 0.6 is 0 Å². The molecule has 0 atom stereocenters. The molecule has 1 aliphatic rings. The summed E-state index contributed by atoms with van der Waals surface area (Å²) in [5.74, 6) is 0.455. The molecule has 1 heterocycles. The molecule has 0 saturated heterocycles. The maximum atomic E-state index is 13.5. The largest absolute Gasteiger partial charge is 0.497 e. The van der Waals surface area contributed by atoms with Crippen LogP contribution in [0.25, 0.3) is 5.57 Å². The van der Waals surface area contributed by atoms with Crippen molar-refractivity contribution in [2.45, 2.75) is 40.2 Å². The van der Waals surface area contributed by atoms with E-state index in [9.17, 15) is 9.59 Å². The van der Waals surface area contributed by atoms with E-state index in [1.54, 1.807) is 32.4 Å². The van der Waals surface area contributed by atoms with Crippen molar-refractivity contribution >= 4 is 23.1 Å². The number of hydrogen-bond donors (Lipinski definition) is 1. The van der Waals surface area contributed by atoms with Gasteiger partial charge in [-0.2, -0.15) is 0 Å². The lowest BCUT2D eigenvalue weighted by atomic mass is 9.97. The van der Waals surface area contributed by atoms with E-state index in [2.05, 4.69) is 5.32 Å². The van der Waals surface area contributed by atoms with E-state index in [0.717, 1.165) is 16.7 Å². The zero-order valence-corrected chi connectivity index (χ0v) is 20.2. The van der Waals surface area contributed by atoms with Crippen LogP contribution in [0.3, 0.4) is 0 Å². The maximum absolute atomic E-state index is 13.5. The smallest absolute Gasteiger partial charge is 0.278 e. The van der Waals surface area contributed by atoms with Crippen LogP contribution in [-0.2, 0) is 14.3 Å². The minimum absolute atomic E-state index is 0.0960. The first-order valence-corrected chi connectivity index (χ1v) is 11.1. The van der Waals surface area contributed by atoms with Gasteiger partial charge in [0.05, 0.1) is 31.6 Å². The first kappa shape index (κ1) is 24.3. The second kappa shape index (κ2) is 10.5. The average Bonchev–Trinajstić information content (AvgIpc) is 3.01. The number of carbonyl (C=O) groups is 2. The second-order valence-corrected chi connectivity index (χ2v) is 8.29. The third-order valence-electron chi connectivity index (χ3n) is 5.46. The van der Waals surface area contributed by atoms with Crippen LogP contribution in [0, 0.1) is 13.8 Å². The predicted molar refractivity (Wildman–Crippen MR) is 128 cm³/mol. The number of anilines is 1. The van der Waals surface area contributed by atoms with Gasteiger partial charge in [-0.15, -0.1) is 0 Å². The minimum atomic E-state index is -0.364. The molecule has 33 heavy (non-hydrogen) atoms. The number of carbonyl (C=O) groups excluding carboxylic acids is 2. The molecule has 7 heteroatoms. The fourth-order valence-electron chi connectivity index (χ4n) is 3.82. The Morgan fingerprint density at radius 1 is 0.970 bits per heavy atom. The molecule has 0 aliphatic carbocycles. The summed E-state index contributed by atoms with van der Waals surface area (Å²) < 4.78 is 16.3. The number of nitrogens with zero attached hydrogens (tertiary/aromatic N) is 1. The number of methoxy groups -OCH3 is 2. The van der Waals surface area contributed by atoms with Crippen molar-refractivity contribution in [3.05, 3.63) is 58.8 Å². The molecule has 0 unspecified atom stereocenters. The first-order chi connectivity index (χ1) is 15.8. The molecular weight excluding hydrogens is 420 g/mol. The van der Waals surface area contributed by atoms with E-state index in [1.807, 2.05) is 45.9 Å². The van der Waals surface area contributed by atoms with Crippen molar-refractivity contribution < 1.29 is 23.8 Å². The Bertz CT molecular complexity index is 1070. The van der Waals surface area contributed by atoms with Crippen molar-refractivity contribution in [3.63, 3.8) is 0 Å². The topological polar surface area (TPSA) is 77.1 Å². The van der Waals surface area contributed by atoms with Gasteiger partial charge in [0.15, 0.2) is 0 Å². The summed E-state index contributed by atoms with van der Waals surface area (Å²) in [6.07, 6.45) is 0.660. The lowest BCUT2D eigenvalue weighted by Gasteiger charge is -2.16. The lowest BCUT2D eigenvalue weighted by molar-refractivity contribution is -0.137. The van der Waals surface area contributed by atoms with E-state index < -0.39 is 0 Å². The van der Waals surface area contributed by atoms with Gasteiger partial charge in [-0.1, -0.05) is 23.8 Å². The summed E-state index contributed by atoms with van der Waals surface area (Å²) in [7, 11) is 3.12. The number of ether oxygens (including phenoxy) is 3. The third kappa shape index (κ3) is 5.37. The van der Waals surface area contributed by atoms with Crippen molar-refractivity contribution in [1.29, 1.82) is 0 Å². The molecule has 1 N–H and O–H groups in total. The fraction of sp³-hybridized carbons (Fsp3) is 0.385. The molecule has 7 nitrogen and oxygen atoms in total. The highest BCUT2D eigenvalue weighted by molar-refractivity contribution is 6.36. The molecule has 2 aromatic rings. The molecule has 176 valence electrons. The summed E-state index contributed by atoms with van der Waals surface area (Å²) in [6, 6.07) is 11.1. The molecule has 0 aromatic heterocycles. The maximum Gasteiger partial charge on any atom is 0.278 e. The number of benzene rings is 2. The van der Waals surface area contributed by atoms with Gasteiger partial charge >= 0.3 is 0 Å². The van der Waals surface area contributed by atoms with Crippen LogP contribution in [-0.4, -0.2) is 50.2 Å². The standard InChI is InChI=1S/C26H32N2O5/c1-16(2)33-13-7-12-28-25(29)23(20-10-8-17(3)14-18(20)4)24(26(28)30)27-21-11-9-19(31-5)15-22(21)32-6/h8-11,14-16,27H,7,12-13H2,1-6H3. The van der Waals surface area contributed by atoms with Crippen LogP contribution in [0.1, 0.15) is 37.0 Å². The summed E-state index contributed by atoms with van der Waals surface area (Å²) in [5.41, 5.74) is 3.91. The highest BCUT2D eigenvalue weighted by Crippen LogP contribution is 2.36. The Morgan fingerprint density at radius 2 is 1.73 bits per heavy atom. The number of imide groups is 1. The normalized spacial score (nSPS) is 13.8. The SMILES string of the molecule is COc1ccc(NC2=C(c3ccc(C)cc3C)C(=O)N(CCCOC(C)C)C2=O)c(OC)c1. The monoisotopic (exact) mass is 452 g/mol. The first-order valence-electron chi connectivity index (χ1n) is 11.1. The van der Waals surface area contributed by atoms with Crippen molar-refractivity contribution in [2.24, 2.45) is 0 Å². The molecule has 0 radical (unpaired) electrons. The third-order valence-corrected chi connectivity index (χ3v) is 5.46.